The average Bonchev–Trinajstić information content (AvgIpc) is 2.79. The number of benzene rings is 3. The van der Waals surface area contributed by atoms with Crippen molar-refractivity contribution in [1.82, 2.24) is 0 Å². The van der Waals surface area contributed by atoms with Crippen LogP contribution in [0.1, 0.15) is 19.4 Å². The Morgan fingerprint density at radius 1 is 0.969 bits per heavy atom. The average molecular weight is 453 g/mol. The molecule has 0 fully saturated rings. The molecule has 0 aliphatic carbocycles. The highest BCUT2D eigenvalue weighted by molar-refractivity contribution is 6.32. The van der Waals surface area contributed by atoms with Crippen LogP contribution in [-0.4, -0.2) is 31.9 Å². The molecule has 0 aromatic heterocycles. The molecule has 3 aromatic carbocycles. The van der Waals surface area contributed by atoms with Gasteiger partial charge in [0.25, 0.3) is 5.91 Å². The van der Waals surface area contributed by atoms with Crippen LogP contribution in [0, 0.1) is 0 Å². The first-order valence-corrected chi connectivity index (χ1v) is 10.7. The minimum absolute atomic E-state index is 0.200. The number of nitrogens with zero attached hydrogens (tertiary/aromatic N) is 1. The molecule has 7 heteroatoms. The summed E-state index contributed by atoms with van der Waals surface area (Å²) in [6, 6.07) is 20.1. The van der Waals surface area contributed by atoms with E-state index < -0.39 is 0 Å². The van der Waals surface area contributed by atoms with Gasteiger partial charge in [0, 0.05) is 11.9 Å². The predicted molar refractivity (Wildman–Crippen MR) is 128 cm³/mol. The quantitative estimate of drug-likeness (QED) is 0.388. The standard InChI is InChI=1S/C25H25ClN2O4/c1-3-30-21-12-10-19(11-13-21)27-16-18-14-22(26)25(23(15-18)31-4-2)32-17-24(29)28-20-8-6-5-7-9-20/h5-16H,3-4,17H2,1-2H3,(H,28,29). The molecule has 3 aromatic rings. The van der Waals surface area contributed by atoms with Crippen LogP contribution in [0.2, 0.25) is 5.02 Å². The van der Waals surface area contributed by atoms with Crippen molar-refractivity contribution in [2.75, 3.05) is 25.1 Å². The molecule has 0 aliphatic heterocycles. The summed E-state index contributed by atoms with van der Waals surface area (Å²) in [5.74, 6) is 1.26. The predicted octanol–water partition coefficient (Wildman–Crippen LogP) is 5.91. The van der Waals surface area contributed by atoms with Gasteiger partial charge in [-0.15, -0.1) is 0 Å². The Morgan fingerprint density at radius 3 is 2.38 bits per heavy atom. The molecule has 0 aliphatic rings. The van der Waals surface area contributed by atoms with E-state index in [0.29, 0.717) is 35.4 Å². The lowest BCUT2D eigenvalue weighted by molar-refractivity contribution is -0.118. The number of aliphatic imine (C=N–C) groups is 1. The third-order valence-electron chi connectivity index (χ3n) is 4.25. The number of hydrogen-bond acceptors (Lipinski definition) is 5. The molecule has 0 heterocycles. The van der Waals surface area contributed by atoms with E-state index in [1.807, 2.05) is 56.3 Å². The summed E-state index contributed by atoms with van der Waals surface area (Å²) in [7, 11) is 0. The molecule has 0 bridgehead atoms. The van der Waals surface area contributed by atoms with Crippen LogP contribution in [0.4, 0.5) is 11.4 Å². The highest BCUT2D eigenvalue weighted by atomic mass is 35.5. The molecule has 0 saturated heterocycles. The summed E-state index contributed by atoms with van der Waals surface area (Å²) < 4.78 is 16.8. The minimum atomic E-state index is -0.296. The Labute approximate surface area is 192 Å². The van der Waals surface area contributed by atoms with Crippen molar-refractivity contribution in [3.8, 4) is 17.2 Å². The van der Waals surface area contributed by atoms with E-state index >= 15 is 0 Å². The Balaban J connectivity index is 1.70. The second kappa shape index (κ2) is 11.8. The molecule has 1 N–H and O–H groups in total. The van der Waals surface area contributed by atoms with Crippen molar-refractivity contribution in [2.24, 2.45) is 4.99 Å². The van der Waals surface area contributed by atoms with Gasteiger partial charge in [-0.2, -0.15) is 0 Å². The van der Waals surface area contributed by atoms with Gasteiger partial charge in [0.1, 0.15) is 5.75 Å². The molecular weight excluding hydrogens is 428 g/mol. The summed E-state index contributed by atoms with van der Waals surface area (Å²) >= 11 is 6.44. The first-order valence-electron chi connectivity index (χ1n) is 10.3. The number of carbonyl (C=O) groups excluding carboxylic acids is 1. The monoisotopic (exact) mass is 452 g/mol. The van der Waals surface area contributed by atoms with Gasteiger partial charge >= 0.3 is 0 Å². The Bertz CT molecular complexity index is 1050. The number of rotatable bonds is 10. The molecule has 1 amide bonds. The van der Waals surface area contributed by atoms with E-state index in [1.165, 1.54) is 0 Å². The van der Waals surface area contributed by atoms with Crippen LogP contribution < -0.4 is 19.5 Å². The molecule has 6 nitrogen and oxygen atoms in total. The molecule has 0 spiro atoms. The van der Waals surface area contributed by atoms with Crippen LogP contribution in [0.3, 0.4) is 0 Å². The lowest BCUT2D eigenvalue weighted by Gasteiger charge is -2.14. The number of carbonyl (C=O) groups is 1. The van der Waals surface area contributed by atoms with Gasteiger partial charge < -0.3 is 19.5 Å². The van der Waals surface area contributed by atoms with Crippen molar-refractivity contribution >= 4 is 35.1 Å². The summed E-state index contributed by atoms with van der Waals surface area (Å²) in [6.07, 6.45) is 1.69. The molecular formula is C25H25ClN2O4. The van der Waals surface area contributed by atoms with Crippen LogP contribution in [0.15, 0.2) is 71.7 Å². The van der Waals surface area contributed by atoms with Gasteiger partial charge in [-0.3, -0.25) is 9.79 Å². The number of ether oxygens (including phenoxy) is 3. The SMILES string of the molecule is CCOc1ccc(N=Cc2cc(Cl)c(OCC(=O)Nc3ccccc3)c(OCC)c2)cc1. The lowest BCUT2D eigenvalue weighted by atomic mass is 10.2. The Morgan fingerprint density at radius 2 is 1.69 bits per heavy atom. The van der Waals surface area contributed by atoms with Crippen molar-refractivity contribution in [3.05, 3.63) is 77.3 Å². The van der Waals surface area contributed by atoms with E-state index in [1.54, 1.807) is 30.5 Å². The third-order valence-corrected chi connectivity index (χ3v) is 4.53. The third kappa shape index (κ3) is 6.75. The van der Waals surface area contributed by atoms with Crippen LogP contribution >= 0.6 is 11.6 Å². The van der Waals surface area contributed by atoms with E-state index in [0.717, 1.165) is 17.0 Å². The van der Waals surface area contributed by atoms with Crippen molar-refractivity contribution in [3.63, 3.8) is 0 Å². The maximum absolute atomic E-state index is 12.2. The fourth-order valence-corrected chi connectivity index (χ4v) is 3.14. The smallest absolute Gasteiger partial charge is 0.262 e. The Kier molecular flexibility index (Phi) is 8.52. The van der Waals surface area contributed by atoms with E-state index in [4.69, 9.17) is 25.8 Å². The largest absolute Gasteiger partial charge is 0.494 e. The second-order valence-corrected chi connectivity index (χ2v) is 7.06. The van der Waals surface area contributed by atoms with E-state index in [2.05, 4.69) is 10.3 Å². The summed E-state index contributed by atoms with van der Waals surface area (Å²) in [6.45, 7) is 4.63. The van der Waals surface area contributed by atoms with Gasteiger partial charge in [0.05, 0.1) is 23.9 Å². The molecule has 0 saturated carbocycles. The minimum Gasteiger partial charge on any atom is -0.494 e. The summed E-state index contributed by atoms with van der Waals surface area (Å²) in [5.41, 5.74) is 2.21. The highest BCUT2D eigenvalue weighted by Crippen LogP contribution is 2.36. The number of amides is 1. The molecule has 0 unspecified atom stereocenters. The molecule has 166 valence electrons. The van der Waals surface area contributed by atoms with Crippen molar-refractivity contribution < 1.29 is 19.0 Å². The number of anilines is 1. The number of halogens is 1. The fourth-order valence-electron chi connectivity index (χ4n) is 2.87. The molecule has 3 rings (SSSR count). The second-order valence-electron chi connectivity index (χ2n) is 6.65. The lowest BCUT2D eigenvalue weighted by Crippen LogP contribution is -2.20. The van der Waals surface area contributed by atoms with Gasteiger partial charge in [0.2, 0.25) is 0 Å². The van der Waals surface area contributed by atoms with Gasteiger partial charge in [0.15, 0.2) is 18.1 Å². The van der Waals surface area contributed by atoms with Gasteiger partial charge in [-0.05, 0) is 67.9 Å². The maximum Gasteiger partial charge on any atom is 0.262 e. The maximum atomic E-state index is 12.2. The van der Waals surface area contributed by atoms with Crippen molar-refractivity contribution in [2.45, 2.75) is 13.8 Å². The molecule has 0 atom stereocenters. The number of nitrogens with one attached hydrogen (secondary N) is 1. The Hall–Kier alpha value is -3.51. The van der Waals surface area contributed by atoms with Crippen LogP contribution in [-0.2, 0) is 4.79 Å². The zero-order chi connectivity index (χ0) is 22.8. The van der Waals surface area contributed by atoms with Crippen molar-refractivity contribution in [1.29, 1.82) is 0 Å². The first-order chi connectivity index (χ1) is 15.6. The van der Waals surface area contributed by atoms with Gasteiger partial charge in [-0.1, -0.05) is 29.8 Å². The normalized spacial score (nSPS) is 10.7. The number of para-hydroxylation sites is 1. The van der Waals surface area contributed by atoms with Crippen LogP contribution in [0.5, 0.6) is 17.2 Å². The highest BCUT2D eigenvalue weighted by Gasteiger charge is 2.14. The van der Waals surface area contributed by atoms with Gasteiger partial charge in [-0.25, -0.2) is 0 Å². The number of hydrogen-bond donors (Lipinski definition) is 1. The fraction of sp³-hybridized carbons (Fsp3) is 0.200. The topological polar surface area (TPSA) is 69.2 Å². The zero-order valence-corrected chi connectivity index (χ0v) is 18.8. The first kappa shape index (κ1) is 23.2. The summed E-state index contributed by atoms with van der Waals surface area (Å²) in [5, 5.41) is 3.10. The zero-order valence-electron chi connectivity index (χ0n) is 18.0. The van der Waals surface area contributed by atoms with E-state index in [-0.39, 0.29) is 12.5 Å². The van der Waals surface area contributed by atoms with Crippen LogP contribution in [0.25, 0.3) is 0 Å². The molecule has 0 radical (unpaired) electrons. The summed E-state index contributed by atoms with van der Waals surface area (Å²) in [4.78, 5) is 16.7. The van der Waals surface area contributed by atoms with E-state index in [9.17, 15) is 4.79 Å². The molecule has 32 heavy (non-hydrogen) atoms.